The average molecular weight is 157 g/mol. The largest absolute Gasteiger partial charge is 0.367 e. The Morgan fingerprint density at radius 3 is 2.91 bits per heavy atom. The summed E-state index contributed by atoms with van der Waals surface area (Å²) < 4.78 is 5.39. The molecule has 3 nitrogen and oxygen atoms in total. The zero-order chi connectivity index (χ0) is 8.32. The summed E-state index contributed by atoms with van der Waals surface area (Å²) >= 11 is 0. The molecular weight excluding hydrogens is 142 g/mol. The number of oxime groups is 1. The van der Waals surface area contributed by atoms with Crippen LogP contribution in [0.15, 0.2) is 5.16 Å². The van der Waals surface area contributed by atoms with Crippen LogP contribution in [0.4, 0.5) is 0 Å². The SMILES string of the molecule is C/C1=N/OCOC(C)(C)CC1. The van der Waals surface area contributed by atoms with E-state index in [0.29, 0.717) is 0 Å². The zero-order valence-electron chi connectivity index (χ0n) is 7.39. The quantitative estimate of drug-likeness (QED) is 0.538. The highest BCUT2D eigenvalue weighted by molar-refractivity contribution is 5.81. The van der Waals surface area contributed by atoms with E-state index in [0.717, 1.165) is 18.6 Å². The molecule has 1 rings (SSSR count). The smallest absolute Gasteiger partial charge is 0.217 e. The van der Waals surface area contributed by atoms with Gasteiger partial charge < -0.3 is 9.57 Å². The van der Waals surface area contributed by atoms with Crippen LogP contribution in [0.25, 0.3) is 0 Å². The van der Waals surface area contributed by atoms with Gasteiger partial charge in [-0.3, -0.25) is 0 Å². The lowest BCUT2D eigenvalue weighted by molar-refractivity contribution is -0.133. The third kappa shape index (κ3) is 2.89. The molecule has 1 aliphatic heterocycles. The maximum absolute atomic E-state index is 5.39. The summed E-state index contributed by atoms with van der Waals surface area (Å²) in [6.07, 6.45) is 1.96. The summed E-state index contributed by atoms with van der Waals surface area (Å²) in [5, 5.41) is 3.84. The van der Waals surface area contributed by atoms with E-state index < -0.39 is 0 Å². The van der Waals surface area contributed by atoms with Crippen molar-refractivity contribution < 1.29 is 9.57 Å². The Hall–Kier alpha value is -0.570. The van der Waals surface area contributed by atoms with Crippen LogP contribution in [0, 0.1) is 0 Å². The maximum Gasteiger partial charge on any atom is 0.217 e. The van der Waals surface area contributed by atoms with Crippen LogP contribution >= 0.6 is 0 Å². The van der Waals surface area contributed by atoms with Crippen LogP contribution < -0.4 is 0 Å². The molecule has 0 aliphatic carbocycles. The molecule has 0 saturated heterocycles. The number of ether oxygens (including phenoxy) is 1. The summed E-state index contributed by atoms with van der Waals surface area (Å²) in [4.78, 5) is 4.89. The monoisotopic (exact) mass is 157 g/mol. The van der Waals surface area contributed by atoms with Gasteiger partial charge in [-0.1, -0.05) is 5.16 Å². The summed E-state index contributed by atoms with van der Waals surface area (Å²) in [7, 11) is 0. The molecule has 0 aromatic rings. The lowest BCUT2D eigenvalue weighted by atomic mass is 10.0. The minimum atomic E-state index is -0.0722. The van der Waals surface area contributed by atoms with Crippen LogP contribution in [0.1, 0.15) is 33.6 Å². The van der Waals surface area contributed by atoms with Crippen molar-refractivity contribution in [3.05, 3.63) is 0 Å². The van der Waals surface area contributed by atoms with Gasteiger partial charge in [0.2, 0.25) is 6.79 Å². The highest BCUT2D eigenvalue weighted by Gasteiger charge is 2.20. The van der Waals surface area contributed by atoms with Crippen molar-refractivity contribution in [1.82, 2.24) is 0 Å². The van der Waals surface area contributed by atoms with Crippen LogP contribution in [0.3, 0.4) is 0 Å². The predicted octanol–water partition coefficient (Wildman–Crippen LogP) is 1.93. The first-order valence-electron chi connectivity index (χ1n) is 3.89. The molecule has 0 bridgehead atoms. The number of hydrogen-bond acceptors (Lipinski definition) is 3. The van der Waals surface area contributed by atoms with E-state index in [1.54, 1.807) is 0 Å². The summed E-state index contributed by atoms with van der Waals surface area (Å²) in [5.41, 5.74) is 0.971. The molecule has 1 heterocycles. The second-order valence-corrected chi connectivity index (χ2v) is 3.48. The van der Waals surface area contributed by atoms with Gasteiger partial charge in [-0.25, -0.2) is 0 Å². The first-order chi connectivity index (χ1) is 5.10. The molecule has 0 aromatic carbocycles. The van der Waals surface area contributed by atoms with Crippen molar-refractivity contribution in [3.8, 4) is 0 Å². The minimum absolute atomic E-state index is 0.0722. The van der Waals surface area contributed by atoms with Gasteiger partial charge in [-0.15, -0.1) is 0 Å². The second kappa shape index (κ2) is 3.22. The third-order valence-corrected chi connectivity index (χ3v) is 1.81. The number of hydrogen-bond donors (Lipinski definition) is 0. The Labute approximate surface area is 67.4 Å². The molecular formula is C8H15NO2. The molecule has 11 heavy (non-hydrogen) atoms. The fraction of sp³-hybridized carbons (Fsp3) is 0.875. The van der Waals surface area contributed by atoms with Gasteiger partial charge in [0.15, 0.2) is 0 Å². The van der Waals surface area contributed by atoms with E-state index in [1.807, 2.05) is 6.92 Å². The first-order valence-corrected chi connectivity index (χ1v) is 3.89. The zero-order valence-corrected chi connectivity index (χ0v) is 7.39. The number of nitrogens with zero attached hydrogens (tertiary/aromatic N) is 1. The van der Waals surface area contributed by atoms with Gasteiger partial charge in [0.1, 0.15) is 0 Å². The fourth-order valence-corrected chi connectivity index (χ4v) is 0.922. The summed E-state index contributed by atoms with van der Waals surface area (Å²) in [6, 6.07) is 0. The Bertz CT molecular complexity index is 163. The fourth-order valence-electron chi connectivity index (χ4n) is 0.922. The Balaban J connectivity index is 2.52. The summed E-state index contributed by atoms with van der Waals surface area (Å²) in [6.45, 7) is 6.37. The lowest BCUT2D eigenvalue weighted by Crippen LogP contribution is -2.27. The Kier molecular flexibility index (Phi) is 2.49. The van der Waals surface area contributed by atoms with E-state index in [-0.39, 0.29) is 12.4 Å². The molecule has 3 heteroatoms. The van der Waals surface area contributed by atoms with Crippen LogP contribution in [0.2, 0.25) is 0 Å². The summed E-state index contributed by atoms with van der Waals surface area (Å²) in [5.74, 6) is 0. The molecule has 0 atom stereocenters. The van der Waals surface area contributed by atoms with Crippen molar-refractivity contribution in [3.63, 3.8) is 0 Å². The third-order valence-electron chi connectivity index (χ3n) is 1.81. The highest BCUT2D eigenvalue weighted by Crippen LogP contribution is 2.18. The van der Waals surface area contributed by atoms with E-state index in [1.165, 1.54) is 0 Å². The van der Waals surface area contributed by atoms with Gasteiger partial charge >= 0.3 is 0 Å². The molecule has 0 unspecified atom stereocenters. The van der Waals surface area contributed by atoms with Gasteiger partial charge in [-0.2, -0.15) is 0 Å². The van der Waals surface area contributed by atoms with Crippen molar-refractivity contribution in [2.24, 2.45) is 5.16 Å². The van der Waals surface area contributed by atoms with Crippen molar-refractivity contribution >= 4 is 5.71 Å². The standard InChI is InChI=1S/C8H15NO2/c1-7-4-5-8(2,3)10-6-11-9-7/h4-6H2,1-3H3/b9-7-. The van der Waals surface area contributed by atoms with Gasteiger partial charge in [0, 0.05) is 0 Å². The molecule has 1 aliphatic rings. The molecule has 0 spiro atoms. The van der Waals surface area contributed by atoms with Crippen LogP contribution in [-0.4, -0.2) is 18.1 Å². The Morgan fingerprint density at radius 2 is 2.18 bits per heavy atom. The molecule has 0 saturated carbocycles. The van der Waals surface area contributed by atoms with Gasteiger partial charge in [-0.05, 0) is 33.6 Å². The molecule has 0 fully saturated rings. The van der Waals surface area contributed by atoms with Crippen LogP contribution in [0.5, 0.6) is 0 Å². The van der Waals surface area contributed by atoms with E-state index in [4.69, 9.17) is 9.57 Å². The van der Waals surface area contributed by atoms with Crippen molar-refractivity contribution in [2.75, 3.05) is 6.79 Å². The lowest BCUT2D eigenvalue weighted by Gasteiger charge is -2.25. The normalized spacial score (nSPS) is 29.2. The van der Waals surface area contributed by atoms with E-state index >= 15 is 0 Å². The average Bonchev–Trinajstić information content (AvgIpc) is 1.92. The number of rotatable bonds is 0. The second-order valence-electron chi connectivity index (χ2n) is 3.48. The topological polar surface area (TPSA) is 30.8 Å². The molecule has 0 amide bonds. The minimum Gasteiger partial charge on any atom is -0.367 e. The van der Waals surface area contributed by atoms with Crippen LogP contribution in [-0.2, 0) is 9.57 Å². The molecule has 0 aromatic heterocycles. The maximum atomic E-state index is 5.39. The predicted molar refractivity (Wildman–Crippen MR) is 43.5 cm³/mol. The van der Waals surface area contributed by atoms with E-state index in [2.05, 4.69) is 19.0 Å². The van der Waals surface area contributed by atoms with Gasteiger partial charge in [0.05, 0.1) is 11.3 Å². The van der Waals surface area contributed by atoms with E-state index in [9.17, 15) is 0 Å². The highest BCUT2D eigenvalue weighted by atomic mass is 16.7. The Morgan fingerprint density at radius 1 is 1.45 bits per heavy atom. The molecule has 64 valence electrons. The molecule has 0 radical (unpaired) electrons. The van der Waals surface area contributed by atoms with Crippen molar-refractivity contribution in [2.45, 2.75) is 39.2 Å². The van der Waals surface area contributed by atoms with Gasteiger partial charge in [0.25, 0.3) is 0 Å². The van der Waals surface area contributed by atoms with Crippen molar-refractivity contribution in [1.29, 1.82) is 0 Å². The first kappa shape index (κ1) is 8.53. The molecule has 0 N–H and O–H groups in total.